The summed E-state index contributed by atoms with van der Waals surface area (Å²) < 4.78 is 0. The van der Waals surface area contributed by atoms with Gasteiger partial charge in [-0.15, -0.1) is 6.58 Å². The van der Waals surface area contributed by atoms with E-state index >= 15 is 0 Å². The van der Waals surface area contributed by atoms with E-state index in [1.165, 1.54) is 0 Å². The summed E-state index contributed by atoms with van der Waals surface area (Å²) in [6, 6.07) is 0. The molecule has 0 spiro atoms. The molecule has 0 aliphatic heterocycles. The van der Waals surface area contributed by atoms with E-state index in [-0.39, 0.29) is 6.10 Å². The van der Waals surface area contributed by atoms with Gasteiger partial charge in [-0.3, -0.25) is 0 Å². The average molecular weight is 130 g/mol. The second-order valence-electron chi connectivity index (χ2n) is 2.01. The van der Waals surface area contributed by atoms with E-state index in [0.29, 0.717) is 0 Å². The Labute approximate surface area is 58.4 Å². The van der Waals surface area contributed by atoms with Gasteiger partial charge < -0.3 is 5.11 Å². The fourth-order valence-corrected chi connectivity index (χ4v) is 0.504. The summed E-state index contributed by atoms with van der Waals surface area (Å²) in [5, 5.41) is 8.66. The van der Waals surface area contributed by atoms with Gasteiger partial charge in [-0.25, -0.2) is 0 Å². The van der Waals surface area contributed by atoms with Crippen LogP contribution < -0.4 is 0 Å². The van der Waals surface area contributed by atoms with Crippen molar-refractivity contribution in [3.8, 4) is 0 Å². The first-order valence-electron chi connectivity index (χ1n) is 3.45. The lowest BCUT2D eigenvalue weighted by Crippen LogP contribution is -1.97. The molecule has 0 aromatic rings. The number of hydrogen-bond acceptors (Lipinski definition) is 1. The van der Waals surface area contributed by atoms with E-state index in [0.717, 1.165) is 12.0 Å². The Balaban J connectivity index is 0. The summed E-state index contributed by atoms with van der Waals surface area (Å²) in [5.74, 6) is 0. The Hall–Kier alpha value is -0.300. The second kappa shape index (κ2) is 7.70. The zero-order valence-corrected chi connectivity index (χ0v) is 6.94. The molecule has 1 atom stereocenters. The molecule has 0 fully saturated rings. The summed E-state index contributed by atoms with van der Waals surface area (Å²) >= 11 is 0. The van der Waals surface area contributed by atoms with Crippen LogP contribution >= 0.6 is 0 Å². The number of hydrogen-bond donors (Lipinski definition) is 1. The van der Waals surface area contributed by atoms with Crippen molar-refractivity contribution in [1.29, 1.82) is 0 Å². The maximum Gasteiger partial charge on any atom is 0.0548 e. The fourth-order valence-electron chi connectivity index (χ4n) is 0.504. The van der Waals surface area contributed by atoms with Crippen LogP contribution in [0.1, 0.15) is 34.1 Å². The van der Waals surface area contributed by atoms with Crippen LogP contribution in [0, 0.1) is 0 Å². The van der Waals surface area contributed by atoms with E-state index in [9.17, 15) is 0 Å². The normalized spacial score (nSPS) is 11.2. The van der Waals surface area contributed by atoms with E-state index in [4.69, 9.17) is 5.11 Å². The molecule has 1 heteroatoms. The minimum atomic E-state index is -0.225. The molecule has 0 heterocycles. The predicted octanol–water partition coefficient (Wildman–Crippen LogP) is 2.36. The minimum Gasteiger partial charge on any atom is -0.393 e. The molecule has 0 aromatic heterocycles. The summed E-state index contributed by atoms with van der Waals surface area (Å²) in [5.41, 5.74) is 1.04. The van der Waals surface area contributed by atoms with Gasteiger partial charge in [-0.1, -0.05) is 19.4 Å². The largest absolute Gasteiger partial charge is 0.393 e. The van der Waals surface area contributed by atoms with Gasteiger partial charge in [0.2, 0.25) is 0 Å². The summed E-state index contributed by atoms with van der Waals surface area (Å²) in [4.78, 5) is 0. The highest BCUT2D eigenvalue weighted by Crippen LogP contribution is 1.98. The van der Waals surface area contributed by atoms with E-state index < -0.39 is 0 Å². The van der Waals surface area contributed by atoms with Crippen LogP contribution in [0.2, 0.25) is 0 Å². The highest BCUT2D eigenvalue weighted by Gasteiger charge is 1.91. The van der Waals surface area contributed by atoms with Gasteiger partial charge in [-0.2, -0.15) is 0 Å². The lowest BCUT2D eigenvalue weighted by molar-refractivity contribution is 0.195. The van der Waals surface area contributed by atoms with Crippen molar-refractivity contribution >= 4 is 0 Å². The zero-order valence-electron chi connectivity index (χ0n) is 6.94. The first-order valence-corrected chi connectivity index (χ1v) is 3.45. The SMILES string of the molecule is C=C(C)CC(C)O.CC. The van der Waals surface area contributed by atoms with Gasteiger partial charge in [0, 0.05) is 0 Å². The van der Waals surface area contributed by atoms with Crippen LogP contribution in [0.4, 0.5) is 0 Å². The Morgan fingerprint density at radius 2 is 1.89 bits per heavy atom. The molecule has 0 saturated heterocycles. The molecule has 0 rings (SSSR count). The third kappa shape index (κ3) is 18.3. The molecule has 0 amide bonds. The van der Waals surface area contributed by atoms with Crippen molar-refractivity contribution in [2.75, 3.05) is 0 Å². The Kier molecular flexibility index (Phi) is 9.83. The molecule has 1 nitrogen and oxygen atoms in total. The van der Waals surface area contributed by atoms with Gasteiger partial charge in [0.25, 0.3) is 0 Å². The molecule has 0 saturated carbocycles. The quantitative estimate of drug-likeness (QED) is 0.569. The highest BCUT2D eigenvalue weighted by atomic mass is 16.3. The molecule has 1 N–H and O–H groups in total. The first-order chi connectivity index (χ1) is 4.13. The first kappa shape index (κ1) is 11.5. The van der Waals surface area contributed by atoms with Crippen molar-refractivity contribution in [3.63, 3.8) is 0 Å². The Morgan fingerprint density at radius 1 is 1.56 bits per heavy atom. The number of aliphatic hydroxyl groups excluding tert-OH is 1. The van der Waals surface area contributed by atoms with Gasteiger partial charge >= 0.3 is 0 Å². The third-order valence-corrected chi connectivity index (χ3v) is 0.644. The maximum atomic E-state index is 8.66. The standard InChI is InChI=1S/C6H12O.C2H6/c1-5(2)4-6(3)7;1-2/h6-7H,1,4H2,2-3H3;1-2H3. The van der Waals surface area contributed by atoms with E-state index in [1.807, 2.05) is 20.8 Å². The molecule has 1 unspecified atom stereocenters. The zero-order chi connectivity index (χ0) is 7.86. The van der Waals surface area contributed by atoms with Crippen LogP contribution in [0.5, 0.6) is 0 Å². The van der Waals surface area contributed by atoms with Crippen LogP contribution in [-0.2, 0) is 0 Å². The summed E-state index contributed by atoms with van der Waals surface area (Å²) in [6.45, 7) is 11.3. The summed E-state index contributed by atoms with van der Waals surface area (Å²) in [7, 11) is 0. The molecular formula is C8H18O. The average Bonchev–Trinajstić information content (AvgIpc) is 1.68. The topological polar surface area (TPSA) is 20.2 Å². The molecule has 0 radical (unpaired) electrons. The number of aliphatic hydroxyl groups is 1. The molecule has 0 aromatic carbocycles. The van der Waals surface area contributed by atoms with Gasteiger partial charge in [0.1, 0.15) is 0 Å². The van der Waals surface area contributed by atoms with Crippen molar-refractivity contribution in [2.45, 2.75) is 40.2 Å². The molecule has 9 heavy (non-hydrogen) atoms. The van der Waals surface area contributed by atoms with Crippen molar-refractivity contribution < 1.29 is 5.11 Å². The fraction of sp³-hybridized carbons (Fsp3) is 0.750. The monoisotopic (exact) mass is 130 g/mol. The Bertz CT molecular complexity index is 65.0. The molecule has 0 bridgehead atoms. The van der Waals surface area contributed by atoms with Gasteiger partial charge in [0.05, 0.1) is 6.10 Å². The van der Waals surface area contributed by atoms with Crippen LogP contribution in [0.3, 0.4) is 0 Å². The molecule has 0 aliphatic carbocycles. The highest BCUT2D eigenvalue weighted by molar-refractivity contribution is 4.89. The van der Waals surface area contributed by atoms with Crippen LogP contribution in [0.25, 0.3) is 0 Å². The summed E-state index contributed by atoms with van der Waals surface area (Å²) in [6.07, 6.45) is 0.498. The smallest absolute Gasteiger partial charge is 0.0548 e. The van der Waals surface area contributed by atoms with Gasteiger partial charge in [-0.05, 0) is 20.3 Å². The predicted molar refractivity (Wildman–Crippen MR) is 42.5 cm³/mol. The van der Waals surface area contributed by atoms with Crippen LogP contribution in [-0.4, -0.2) is 11.2 Å². The molecule has 0 aliphatic rings. The lowest BCUT2D eigenvalue weighted by Gasteiger charge is -1.99. The third-order valence-electron chi connectivity index (χ3n) is 0.644. The maximum absolute atomic E-state index is 8.66. The second-order valence-corrected chi connectivity index (χ2v) is 2.01. The van der Waals surface area contributed by atoms with E-state index in [2.05, 4.69) is 6.58 Å². The van der Waals surface area contributed by atoms with Crippen LogP contribution in [0.15, 0.2) is 12.2 Å². The minimum absolute atomic E-state index is 0.225. The van der Waals surface area contributed by atoms with Crippen molar-refractivity contribution in [3.05, 3.63) is 12.2 Å². The van der Waals surface area contributed by atoms with Gasteiger partial charge in [0.15, 0.2) is 0 Å². The Morgan fingerprint density at radius 3 is 1.89 bits per heavy atom. The number of rotatable bonds is 2. The van der Waals surface area contributed by atoms with Crippen molar-refractivity contribution in [2.24, 2.45) is 0 Å². The lowest BCUT2D eigenvalue weighted by atomic mass is 10.2. The van der Waals surface area contributed by atoms with E-state index in [1.54, 1.807) is 6.92 Å². The van der Waals surface area contributed by atoms with Crippen molar-refractivity contribution in [1.82, 2.24) is 0 Å². The molecule has 56 valence electrons. The molecular weight excluding hydrogens is 112 g/mol.